The summed E-state index contributed by atoms with van der Waals surface area (Å²) in [6.07, 6.45) is 2.09. The van der Waals surface area contributed by atoms with E-state index in [-0.39, 0.29) is 0 Å². The maximum atomic E-state index is 11.6. The van der Waals surface area contributed by atoms with E-state index in [2.05, 4.69) is 0 Å². The third-order valence-electron chi connectivity index (χ3n) is 1.62. The van der Waals surface area contributed by atoms with Crippen LogP contribution in [0.1, 0.15) is 6.92 Å². The van der Waals surface area contributed by atoms with Crippen molar-refractivity contribution in [3.63, 3.8) is 0 Å². The quantitative estimate of drug-likeness (QED) is 0.597. The number of hydrogen-bond acceptors (Lipinski definition) is 2. The summed E-state index contributed by atoms with van der Waals surface area (Å²) in [7, 11) is -1.05. The fourth-order valence-corrected chi connectivity index (χ4v) is 2.78. The number of hydrogen-bond donors (Lipinski definition) is 0. The fraction of sp³-hybridized carbons (Fsp3) is 0.429. The van der Waals surface area contributed by atoms with E-state index in [1.807, 2.05) is 6.92 Å². The van der Waals surface area contributed by atoms with Crippen LogP contribution in [0.3, 0.4) is 0 Å². The van der Waals surface area contributed by atoms with Gasteiger partial charge in [-0.2, -0.15) is 0 Å². The molecule has 0 radical (unpaired) electrons. The molecule has 0 N–H and O–H groups in total. The molecular formula is C7H10ClO2P. The van der Waals surface area contributed by atoms with E-state index in [4.69, 9.17) is 16.1 Å². The normalized spacial score (nSPS) is 31.2. The summed E-state index contributed by atoms with van der Waals surface area (Å²) in [5.41, 5.74) is 0.930. The molecule has 0 bridgehead atoms. The Hall–Kier alpha value is -0.0400. The third-order valence-corrected chi connectivity index (χ3v) is 4.21. The van der Waals surface area contributed by atoms with Crippen LogP contribution in [0.2, 0.25) is 0 Å². The van der Waals surface area contributed by atoms with E-state index in [1.54, 1.807) is 11.9 Å². The second-order valence-electron chi connectivity index (χ2n) is 2.51. The standard InChI is InChI=1S/C7H10ClO2P/c1-6-5-11(9,10-2)4-3-7(6)8/h3-4H,5H2,1-2H3. The van der Waals surface area contributed by atoms with E-state index in [0.717, 1.165) is 5.57 Å². The van der Waals surface area contributed by atoms with E-state index < -0.39 is 7.37 Å². The van der Waals surface area contributed by atoms with Gasteiger partial charge in [-0.25, -0.2) is 0 Å². The van der Waals surface area contributed by atoms with Crippen LogP contribution >= 0.6 is 19.0 Å². The molecule has 0 saturated carbocycles. The first-order valence-electron chi connectivity index (χ1n) is 3.26. The number of allylic oxidation sites excluding steroid dienone is 3. The number of halogens is 1. The second kappa shape index (κ2) is 3.14. The van der Waals surface area contributed by atoms with Crippen molar-refractivity contribution in [3.8, 4) is 0 Å². The molecule has 0 saturated heterocycles. The van der Waals surface area contributed by atoms with Crippen molar-refractivity contribution >= 4 is 19.0 Å². The molecule has 2 nitrogen and oxygen atoms in total. The van der Waals surface area contributed by atoms with Crippen molar-refractivity contribution < 1.29 is 9.09 Å². The van der Waals surface area contributed by atoms with Crippen LogP contribution in [0.5, 0.6) is 0 Å². The number of rotatable bonds is 1. The minimum atomic E-state index is -2.51. The Morgan fingerprint density at radius 1 is 1.73 bits per heavy atom. The molecule has 0 spiro atoms. The van der Waals surface area contributed by atoms with Crippen molar-refractivity contribution in [2.24, 2.45) is 0 Å². The van der Waals surface area contributed by atoms with E-state index >= 15 is 0 Å². The first-order chi connectivity index (χ1) is 5.07. The Balaban J connectivity index is 2.91. The zero-order chi connectivity index (χ0) is 8.48. The van der Waals surface area contributed by atoms with Gasteiger partial charge >= 0.3 is 0 Å². The summed E-state index contributed by atoms with van der Waals surface area (Å²) in [4.78, 5) is 0. The van der Waals surface area contributed by atoms with E-state index in [0.29, 0.717) is 11.2 Å². The van der Waals surface area contributed by atoms with Crippen LogP contribution in [0.15, 0.2) is 22.5 Å². The topological polar surface area (TPSA) is 26.3 Å². The van der Waals surface area contributed by atoms with Crippen LogP contribution in [-0.2, 0) is 9.09 Å². The molecule has 1 aliphatic heterocycles. The van der Waals surface area contributed by atoms with E-state index in [1.165, 1.54) is 7.11 Å². The highest BCUT2D eigenvalue weighted by atomic mass is 35.5. The highest BCUT2D eigenvalue weighted by Gasteiger charge is 2.22. The summed E-state index contributed by atoms with van der Waals surface area (Å²) >= 11 is 5.77. The Morgan fingerprint density at radius 2 is 2.36 bits per heavy atom. The smallest absolute Gasteiger partial charge is 0.228 e. The predicted octanol–water partition coefficient (Wildman–Crippen LogP) is 2.95. The SMILES string of the molecule is COP1(=O)C=CC(Cl)=C(C)C1. The fourth-order valence-electron chi connectivity index (χ4n) is 0.905. The average Bonchev–Trinajstić information content (AvgIpc) is 1.98. The minimum Gasteiger partial charge on any atom is -0.329 e. The van der Waals surface area contributed by atoms with Gasteiger partial charge in [-0.05, 0) is 18.6 Å². The third kappa shape index (κ3) is 1.96. The monoisotopic (exact) mass is 192 g/mol. The van der Waals surface area contributed by atoms with Crippen LogP contribution in [0.25, 0.3) is 0 Å². The van der Waals surface area contributed by atoms with Crippen molar-refractivity contribution in [1.82, 2.24) is 0 Å². The van der Waals surface area contributed by atoms with Gasteiger partial charge in [0.15, 0.2) is 0 Å². The first-order valence-corrected chi connectivity index (χ1v) is 5.52. The largest absolute Gasteiger partial charge is 0.329 e. The molecule has 1 atom stereocenters. The van der Waals surface area contributed by atoms with Crippen LogP contribution in [0.4, 0.5) is 0 Å². The summed E-state index contributed by atoms with van der Waals surface area (Å²) in [6.45, 7) is 1.86. The highest BCUT2D eigenvalue weighted by molar-refractivity contribution is 7.62. The molecule has 1 aliphatic rings. The maximum Gasteiger partial charge on any atom is 0.228 e. The van der Waals surface area contributed by atoms with Crippen molar-refractivity contribution in [1.29, 1.82) is 0 Å². The molecule has 1 rings (SSSR count). The van der Waals surface area contributed by atoms with Gasteiger partial charge in [0.05, 0.1) is 6.16 Å². The maximum absolute atomic E-state index is 11.6. The zero-order valence-electron chi connectivity index (χ0n) is 6.50. The van der Waals surface area contributed by atoms with Crippen molar-refractivity contribution in [2.45, 2.75) is 6.92 Å². The first kappa shape index (κ1) is 9.05. The van der Waals surface area contributed by atoms with Gasteiger partial charge in [0.2, 0.25) is 7.37 Å². The molecule has 0 amide bonds. The van der Waals surface area contributed by atoms with Crippen LogP contribution in [0, 0.1) is 0 Å². The second-order valence-corrected chi connectivity index (χ2v) is 5.35. The summed E-state index contributed by atoms with van der Waals surface area (Å²) < 4.78 is 16.4. The molecule has 11 heavy (non-hydrogen) atoms. The van der Waals surface area contributed by atoms with Gasteiger partial charge in [-0.15, -0.1) is 0 Å². The van der Waals surface area contributed by atoms with E-state index in [9.17, 15) is 4.57 Å². The molecule has 0 aromatic rings. The summed E-state index contributed by atoms with van der Waals surface area (Å²) in [5, 5.41) is 0.675. The summed E-state index contributed by atoms with van der Waals surface area (Å²) in [6, 6.07) is 0. The Morgan fingerprint density at radius 3 is 2.82 bits per heavy atom. The van der Waals surface area contributed by atoms with Crippen molar-refractivity contribution in [3.05, 3.63) is 22.5 Å². The molecule has 0 aliphatic carbocycles. The molecular weight excluding hydrogens is 183 g/mol. The van der Waals surface area contributed by atoms with Gasteiger partial charge in [-0.3, -0.25) is 4.57 Å². The van der Waals surface area contributed by atoms with Gasteiger partial charge < -0.3 is 4.52 Å². The molecule has 0 fully saturated rings. The lowest BCUT2D eigenvalue weighted by molar-refractivity contribution is 0.403. The Labute approximate surface area is 71.3 Å². The lowest BCUT2D eigenvalue weighted by Gasteiger charge is -2.16. The minimum absolute atomic E-state index is 0.443. The lowest BCUT2D eigenvalue weighted by Crippen LogP contribution is -1.96. The van der Waals surface area contributed by atoms with Crippen molar-refractivity contribution in [2.75, 3.05) is 13.3 Å². The average molecular weight is 193 g/mol. The Kier molecular flexibility index (Phi) is 2.58. The van der Waals surface area contributed by atoms with Gasteiger partial charge in [0.25, 0.3) is 0 Å². The molecule has 4 heteroatoms. The van der Waals surface area contributed by atoms with Gasteiger partial charge in [0, 0.05) is 18.0 Å². The Bertz CT molecular complexity index is 268. The van der Waals surface area contributed by atoms with Gasteiger partial charge in [-0.1, -0.05) is 11.6 Å². The summed E-state index contributed by atoms with van der Waals surface area (Å²) in [5.74, 6) is 1.56. The van der Waals surface area contributed by atoms with Gasteiger partial charge in [0.1, 0.15) is 0 Å². The molecule has 0 aromatic heterocycles. The molecule has 1 heterocycles. The van der Waals surface area contributed by atoms with Crippen LogP contribution in [-0.4, -0.2) is 13.3 Å². The van der Waals surface area contributed by atoms with Crippen LogP contribution < -0.4 is 0 Å². The molecule has 62 valence electrons. The predicted molar refractivity (Wildman–Crippen MR) is 47.2 cm³/mol. The molecule has 1 unspecified atom stereocenters. The highest BCUT2D eigenvalue weighted by Crippen LogP contribution is 2.52. The zero-order valence-corrected chi connectivity index (χ0v) is 8.15. The molecule has 0 aromatic carbocycles. The lowest BCUT2D eigenvalue weighted by atomic mass is 10.3.